The average molecular weight is 529 g/mol. The highest BCUT2D eigenvalue weighted by Gasteiger charge is 2.13. The van der Waals surface area contributed by atoms with Gasteiger partial charge in [0, 0.05) is 13.6 Å². The van der Waals surface area contributed by atoms with Crippen LogP contribution < -0.4 is 29.6 Å². The number of benzene rings is 2. The molecule has 7 nitrogen and oxygen atoms in total. The summed E-state index contributed by atoms with van der Waals surface area (Å²) in [6, 6.07) is 11.8. The van der Waals surface area contributed by atoms with Gasteiger partial charge < -0.3 is 29.6 Å². The molecule has 1 unspecified atom stereocenters. The molecule has 0 bridgehead atoms. The van der Waals surface area contributed by atoms with E-state index in [4.69, 9.17) is 18.9 Å². The quantitative estimate of drug-likeness (QED) is 0.293. The first-order valence-corrected chi connectivity index (χ1v) is 9.48. The fourth-order valence-electron chi connectivity index (χ4n) is 2.83. The molecule has 1 atom stereocenters. The van der Waals surface area contributed by atoms with Gasteiger partial charge in [-0.1, -0.05) is 18.2 Å². The SMILES string of the molecule is CN=C(NCc1cc(OC)c(OC)c(OC)c1)NCC(C)Oc1ccccc1C.I. The number of aryl methyl sites for hydroxylation is 1. The second-order valence-electron chi connectivity index (χ2n) is 6.53. The van der Waals surface area contributed by atoms with E-state index in [1.807, 2.05) is 50.2 Å². The van der Waals surface area contributed by atoms with Crippen LogP contribution >= 0.6 is 24.0 Å². The molecule has 2 aromatic carbocycles. The van der Waals surface area contributed by atoms with E-state index in [1.54, 1.807) is 28.4 Å². The molecule has 8 heteroatoms. The molecule has 0 spiro atoms. The molecule has 2 rings (SSSR count). The van der Waals surface area contributed by atoms with Crippen molar-refractivity contribution >= 4 is 29.9 Å². The predicted octanol–water partition coefficient (Wildman–Crippen LogP) is 3.77. The maximum absolute atomic E-state index is 6.00. The minimum Gasteiger partial charge on any atom is -0.493 e. The van der Waals surface area contributed by atoms with E-state index in [-0.39, 0.29) is 30.1 Å². The van der Waals surface area contributed by atoms with E-state index in [0.717, 1.165) is 16.9 Å². The maximum atomic E-state index is 6.00. The summed E-state index contributed by atoms with van der Waals surface area (Å²) < 4.78 is 22.2. The summed E-state index contributed by atoms with van der Waals surface area (Å²) in [7, 11) is 6.53. The highest BCUT2D eigenvalue weighted by Crippen LogP contribution is 2.38. The number of hydrogen-bond acceptors (Lipinski definition) is 5. The zero-order valence-corrected chi connectivity index (χ0v) is 20.8. The van der Waals surface area contributed by atoms with Crippen LogP contribution in [0, 0.1) is 6.92 Å². The fraction of sp³-hybridized carbons (Fsp3) is 0.409. The topological polar surface area (TPSA) is 73.3 Å². The molecule has 0 fully saturated rings. The van der Waals surface area contributed by atoms with Crippen molar-refractivity contribution in [2.45, 2.75) is 26.5 Å². The fourth-order valence-corrected chi connectivity index (χ4v) is 2.83. The maximum Gasteiger partial charge on any atom is 0.203 e. The normalized spacial score (nSPS) is 11.7. The van der Waals surface area contributed by atoms with Crippen LogP contribution in [0.1, 0.15) is 18.1 Å². The van der Waals surface area contributed by atoms with Crippen LogP contribution in [-0.2, 0) is 6.54 Å². The van der Waals surface area contributed by atoms with Crippen molar-refractivity contribution in [1.82, 2.24) is 10.6 Å². The summed E-state index contributed by atoms with van der Waals surface area (Å²) in [6.07, 6.45) is -0.0178. The molecule has 0 amide bonds. The number of ether oxygens (including phenoxy) is 4. The van der Waals surface area contributed by atoms with E-state index in [9.17, 15) is 0 Å². The summed E-state index contributed by atoms with van der Waals surface area (Å²) in [5.41, 5.74) is 2.09. The lowest BCUT2D eigenvalue weighted by Crippen LogP contribution is -2.41. The third kappa shape index (κ3) is 7.16. The molecular weight excluding hydrogens is 497 g/mol. The van der Waals surface area contributed by atoms with Crippen molar-refractivity contribution in [3.63, 3.8) is 0 Å². The first kappa shape index (κ1) is 25.7. The Labute approximate surface area is 196 Å². The largest absolute Gasteiger partial charge is 0.493 e. The predicted molar refractivity (Wildman–Crippen MR) is 131 cm³/mol. The number of para-hydroxylation sites is 1. The van der Waals surface area contributed by atoms with Crippen molar-refractivity contribution < 1.29 is 18.9 Å². The van der Waals surface area contributed by atoms with Crippen LogP contribution in [0.5, 0.6) is 23.0 Å². The van der Waals surface area contributed by atoms with E-state index < -0.39 is 0 Å². The van der Waals surface area contributed by atoms with Gasteiger partial charge in [-0.15, -0.1) is 24.0 Å². The summed E-state index contributed by atoms with van der Waals surface area (Å²) >= 11 is 0. The lowest BCUT2D eigenvalue weighted by atomic mass is 10.2. The highest BCUT2D eigenvalue weighted by atomic mass is 127. The van der Waals surface area contributed by atoms with Crippen LogP contribution in [0.25, 0.3) is 0 Å². The summed E-state index contributed by atoms with van der Waals surface area (Å²) in [4.78, 5) is 4.27. The van der Waals surface area contributed by atoms with Gasteiger partial charge in [0.2, 0.25) is 5.75 Å². The minimum absolute atomic E-state index is 0. The molecule has 30 heavy (non-hydrogen) atoms. The van der Waals surface area contributed by atoms with Crippen molar-refractivity contribution in [1.29, 1.82) is 0 Å². The average Bonchev–Trinajstić information content (AvgIpc) is 2.74. The molecule has 0 aliphatic heterocycles. The summed E-state index contributed by atoms with van der Waals surface area (Å²) in [5.74, 6) is 3.38. The Kier molecular flexibility index (Phi) is 11.2. The molecule has 0 saturated heterocycles. The van der Waals surface area contributed by atoms with Crippen molar-refractivity contribution in [3.05, 3.63) is 47.5 Å². The van der Waals surface area contributed by atoms with Gasteiger partial charge in [0.15, 0.2) is 17.5 Å². The number of methoxy groups -OCH3 is 3. The van der Waals surface area contributed by atoms with Gasteiger partial charge in [-0.05, 0) is 43.2 Å². The highest BCUT2D eigenvalue weighted by molar-refractivity contribution is 14.0. The van der Waals surface area contributed by atoms with Gasteiger partial charge in [-0.2, -0.15) is 0 Å². The second-order valence-corrected chi connectivity index (χ2v) is 6.53. The van der Waals surface area contributed by atoms with Crippen LogP contribution in [0.15, 0.2) is 41.4 Å². The number of nitrogens with zero attached hydrogens (tertiary/aromatic N) is 1. The zero-order chi connectivity index (χ0) is 21.2. The van der Waals surface area contributed by atoms with Gasteiger partial charge in [0.25, 0.3) is 0 Å². The molecule has 0 aliphatic rings. The van der Waals surface area contributed by atoms with Crippen LogP contribution in [0.4, 0.5) is 0 Å². The lowest BCUT2D eigenvalue weighted by molar-refractivity contribution is 0.222. The number of nitrogens with one attached hydrogen (secondary N) is 2. The second kappa shape index (κ2) is 13.0. The molecule has 2 N–H and O–H groups in total. The number of guanidine groups is 1. The zero-order valence-electron chi connectivity index (χ0n) is 18.4. The smallest absolute Gasteiger partial charge is 0.203 e. The van der Waals surface area contributed by atoms with Gasteiger partial charge in [0.1, 0.15) is 11.9 Å². The van der Waals surface area contributed by atoms with Crippen LogP contribution in [-0.4, -0.2) is 47.0 Å². The molecule has 0 saturated carbocycles. The Bertz CT molecular complexity index is 805. The molecule has 0 aromatic heterocycles. The Hall–Kier alpha value is -2.36. The Balaban J connectivity index is 0.00000450. The lowest BCUT2D eigenvalue weighted by Gasteiger charge is -2.19. The summed E-state index contributed by atoms with van der Waals surface area (Å²) in [6.45, 7) is 5.21. The van der Waals surface area contributed by atoms with Crippen molar-refractivity contribution in [2.24, 2.45) is 4.99 Å². The third-order valence-corrected chi connectivity index (χ3v) is 4.39. The number of aliphatic imine (C=N–C) groups is 1. The van der Waals surface area contributed by atoms with E-state index >= 15 is 0 Å². The first-order chi connectivity index (χ1) is 14.0. The number of halogens is 1. The van der Waals surface area contributed by atoms with Crippen molar-refractivity contribution in [2.75, 3.05) is 34.9 Å². The van der Waals surface area contributed by atoms with E-state index in [0.29, 0.717) is 36.3 Å². The van der Waals surface area contributed by atoms with Gasteiger partial charge in [0.05, 0.1) is 27.9 Å². The molecule has 2 aromatic rings. The van der Waals surface area contributed by atoms with E-state index in [2.05, 4.69) is 15.6 Å². The van der Waals surface area contributed by atoms with Crippen LogP contribution in [0.3, 0.4) is 0 Å². The standard InChI is InChI=1S/C22H31N3O4.HI/c1-15-9-7-8-10-18(15)29-16(2)13-24-22(23-3)25-14-17-11-19(26-4)21(28-6)20(12-17)27-5;/h7-12,16H,13-14H2,1-6H3,(H2,23,24,25);1H. The van der Waals surface area contributed by atoms with Gasteiger partial charge in [-0.3, -0.25) is 4.99 Å². The number of rotatable bonds is 9. The summed E-state index contributed by atoms with van der Waals surface area (Å²) in [5, 5.41) is 6.57. The Morgan fingerprint density at radius 2 is 1.60 bits per heavy atom. The van der Waals surface area contributed by atoms with Crippen molar-refractivity contribution in [3.8, 4) is 23.0 Å². The Morgan fingerprint density at radius 1 is 0.967 bits per heavy atom. The molecule has 0 heterocycles. The Morgan fingerprint density at radius 3 is 2.13 bits per heavy atom. The molecule has 166 valence electrons. The third-order valence-electron chi connectivity index (χ3n) is 4.39. The number of hydrogen-bond donors (Lipinski definition) is 2. The molecule has 0 radical (unpaired) electrons. The minimum atomic E-state index is -0.0178. The molecular formula is C22H32IN3O4. The van der Waals surface area contributed by atoms with Gasteiger partial charge >= 0.3 is 0 Å². The first-order valence-electron chi connectivity index (χ1n) is 9.48. The van der Waals surface area contributed by atoms with E-state index in [1.165, 1.54) is 0 Å². The van der Waals surface area contributed by atoms with Gasteiger partial charge in [-0.25, -0.2) is 0 Å². The monoisotopic (exact) mass is 529 g/mol. The molecule has 0 aliphatic carbocycles. The van der Waals surface area contributed by atoms with Crippen LogP contribution in [0.2, 0.25) is 0 Å².